The Balaban J connectivity index is 5.09. The van der Waals surface area contributed by atoms with Crippen molar-refractivity contribution in [3.63, 3.8) is 0 Å². The zero-order chi connectivity index (χ0) is 17.0. The first-order valence-corrected chi connectivity index (χ1v) is 7.66. The first-order chi connectivity index (χ1) is 9.23. The molecule has 4 heteroatoms. The standard InChI is InChI=1S/C17H32O4/c1-11(2)14(18)10-13(12(3)20-16(4,5)6)15(19)21-17(7,8)9/h11-13H,10H2,1-9H3/t12-,13+/m1/s1. The highest BCUT2D eigenvalue weighted by atomic mass is 16.6. The molecule has 0 fully saturated rings. The van der Waals surface area contributed by atoms with Crippen molar-refractivity contribution in [2.45, 2.75) is 86.0 Å². The maximum atomic E-state index is 12.4. The Morgan fingerprint density at radius 1 is 0.905 bits per heavy atom. The number of Topliss-reactive ketones (excluding diaryl/α,β-unsaturated/α-hetero) is 1. The molecule has 0 rings (SSSR count). The molecule has 0 aromatic rings. The van der Waals surface area contributed by atoms with E-state index >= 15 is 0 Å². The Hall–Kier alpha value is -0.900. The number of carbonyl (C=O) groups is 2. The van der Waals surface area contributed by atoms with Crippen LogP contribution in [-0.2, 0) is 19.1 Å². The average molecular weight is 300 g/mol. The summed E-state index contributed by atoms with van der Waals surface area (Å²) in [5.74, 6) is -0.987. The van der Waals surface area contributed by atoms with Crippen molar-refractivity contribution in [1.29, 1.82) is 0 Å². The van der Waals surface area contributed by atoms with Gasteiger partial charge >= 0.3 is 5.97 Å². The number of hydrogen-bond acceptors (Lipinski definition) is 4. The van der Waals surface area contributed by atoms with Crippen LogP contribution in [0.1, 0.15) is 68.7 Å². The summed E-state index contributed by atoms with van der Waals surface area (Å²) < 4.78 is 11.3. The largest absolute Gasteiger partial charge is 0.460 e. The fourth-order valence-electron chi connectivity index (χ4n) is 1.91. The van der Waals surface area contributed by atoms with Crippen LogP contribution in [0.4, 0.5) is 0 Å². The molecule has 0 aromatic heterocycles. The van der Waals surface area contributed by atoms with Gasteiger partial charge in [-0.2, -0.15) is 0 Å². The van der Waals surface area contributed by atoms with Crippen LogP contribution in [0.2, 0.25) is 0 Å². The lowest BCUT2D eigenvalue weighted by atomic mass is 9.92. The van der Waals surface area contributed by atoms with E-state index in [9.17, 15) is 9.59 Å². The van der Waals surface area contributed by atoms with Gasteiger partial charge in [-0.1, -0.05) is 13.8 Å². The SMILES string of the molecule is CC(C)C(=O)C[C@H](C(=O)OC(C)(C)C)[C@@H](C)OC(C)(C)C. The third-order valence-electron chi connectivity index (χ3n) is 2.88. The molecule has 0 amide bonds. The molecule has 0 aliphatic heterocycles. The molecule has 0 bridgehead atoms. The van der Waals surface area contributed by atoms with Crippen molar-refractivity contribution < 1.29 is 19.1 Å². The number of rotatable bonds is 6. The zero-order valence-electron chi connectivity index (χ0n) is 15.1. The number of esters is 1. The van der Waals surface area contributed by atoms with E-state index < -0.39 is 11.5 Å². The van der Waals surface area contributed by atoms with Gasteiger partial charge in [-0.25, -0.2) is 0 Å². The van der Waals surface area contributed by atoms with Crippen LogP contribution < -0.4 is 0 Å². The van der Waals surface area contributed by atoms with E-state index in [1.54, 1.807) is 0 Å². The van der Waals surface area contributed by atoms with Gasteiger partial charge in [-0.3, -0.25) is 9.59 Å². The fourth-order valence-corrected chi connectivity index (χ4v) is 1.91. The average Bonchev–Trinajstić information content (AvgIpc) is 2.19. The molecule has 0 spiro atoms. The lowest BCUT2D eigenvalue weighted by molar-refractivity contribution is -0.171. The van der Waals surface area contributed by atoms with Crippen molar-refractivity contribution in [3.05, 3.63) is 0 Å². The Morgan fingerprint density at radius 3 is 1.71 bits per heavy atom. The van der Waals surface area contributed by atoms with Gasteiger partial charge < -0.3 is 9.47 Å². The first-order valence-electron chi connectivity index (χ1n) is 7.66. The quantitative estimate of drug-likeness (QED) is 0.701. The number of carbonyl (C=O) groups excluding carboxylic acids is 2. The molecular weight excluding hydrogens is 268 g/mol. The monoisotopic (exact) mass is 300 g/mol. The summed E-state index contributed by atoms with van der Waals surface area (Å²) in [6.07, 6.45) is -0.216. The summed E-state index contributed by atoms with van der Waals surface area (Å²) in [5, 5.41) is 0. The first kappa shape index (κ1) is 20.1. The van der Waals surface area contributed by atoms with Crippen LogP contribution in [0.3, 0.4) is 0 Å². The molecule has 0 aliphatic rings. The number of ether oxygens (including phenoxy) is 2. The molecule has 0 saturated heterocycles. The molecule has 0 radical (unpaired) electrons. The fraction of sp³-hybridized carbons (Fsp3) is 0.882. The van der Waals surface area contributed by atoms with Gasteiger partial charge in [0.2, 0.25) is 0 Å². The van der Waals surface area contributed by atoms with Crippen LogP contribution in [0.25, 0.3) is 0 Å². The van der Waals surface area contributed by atoms with Gasteiger partial charge in [0.05, 0.1) is 17.6 Å². The topological polar surface area (TPSA) is 52.6 Å². The summed E-state index contributed by atoms with van der Waals surface area (Å²) in [4.78, 5) is 24.4. The Morgan fingerprint density at radius 2 is 1.38 bits per heavy atom. The van der Waals surface area contributed by atoms with Crippen molar-refractivity contribution >= 4 is 11.8 Å². The highest BCUT2D eigenvalue weighted by molar-refractivity contribution is 5.86. The van der Waals surface area contributed by atoms with Crippen molar-refractivity contribution in [3.8, 4) is 0 Å². The Labute approximate surface area is 129 Å². The zero-order valence-corrected chi connectivity index (χ0v) is 15.1. The Kier molecular flexibility index (Phi) is 7.07. The molecule has 0 unspecified atom stereocenters. The maximum absolute atomic E-state index is 12.4. The van der Waals surface area contributed by atoms with Crippen LogP contribution >= 0.6 is 0 Å². The van der Waals surface area contributed by atoms with Crippen molar-refractivity contribution in [1.82, 2.24) is 0 Å². The second kappa shape index (κ2) is 7.39. The summed E-state index contributed by atoms with van der Waals surface area (Å²) in [6.45, 7) is 16.8. The predicted molar refractivity (Wildman–Crippen MR) is 84.1 cm³/mol. The molecule has 4 nitrogen and oxygen atoms in total. The summed E-state index contributed by atoms with van der Waals surface area (Å²) >= 11 is 0. The number of ketones is 1. The summed E-state index contributed by atoms with van der Waals surface area (Å²) in [6, 6.07) is 0. The molecule has 0 aromatic carbocycles. The van der Waals surface area contributed by atoms with E-state index in [-0.39, 0.29) is 35.8 Å². The van der Waals surface area contributed by atoms with Crippen LogP contribution in [0, 0.1) is 11.8 Å². The minimum atomic E-state index is -0.572. The smallest absolute Gasteiger partial charge is 0.312 e. The summed E-state index contributed by atoms with van der Waals surface area (Å²) in [7, 11) is 0. The molecule has 0 saturated carbocycles. The second-order valence-electron chi connectivity index (χ2n) is 7.90. The highest BCUT2D eigenvalue weighted by Crippen LogP contribution is 2.24. The minimum Gasteiger partial charge on any atom is -0.460 e. The molecular formula is C17H32O4. The Bertz CT molecular complexity index is 358. The molecule has 0 aliphatic carbocycles. The van der Waals surface area contributed by atoms with E-state index in [1.807, 2.05) is 62.3 Å². The molecule has 124 valence electrons. The molecule has 0 heterocycles. The lowest BCUT2D eigenvalue weighted by Crippen LogP contribution is -2.39. The van der Waals surface area contributed by atoms with E-state index in [1.165, 1.54) is 0 Å². The predicted octanol–water partition coefficient (Wildman–Crippen LogP) is 3.76. The lowest BCUT2D eigenvalue weighted by Gasteiger charge is -2.31. The number of hydrogen-bond donors (Lipinski definition) is 0. The van der Waals surface area contributed by atoms with E-state index in [2.05, 4.69) is 0 Å². The van der Waals surface area contributed by atoms with E-state index in [0.29, 0.717) is 0 Å². The summed E-state index contributed by atoms with van der Waals surface area (Å²) in [5.41, 5.74) is -0.946. The maximum Gasteiger partial charge on any atom is 0.312 e. The van der Waals surface area contributed by atoms with Gasteiger partial charge in [-0.05, 0) is 48.5 Å². The molecule has 0 N–H and O–H groups in total. The molecule has 2 atom stereocenters. The van der Waals surface area contributed by atoms with Crippen molar-refractivity contribution in [2.75, 3.05) is 0 Å². The van der Waals surface area contributed by atoms with Crippen LogP contribution in [0.5, 0.6) is 0 Å². The molecule has 21 heavy (non-hydrogen) atoms. The van der Waals surface area contributed by atoms with Gasteiger partial charge in [0.25, 0.3) is 0 Å². The normalized spacial score (nSPS) is 15.7. The van der Waals surface area contributed by atoms with E-state index in [0.717, 1.165) is 0 Å². The second-order valence-corrected chi connectivity index (χ2v) is 7.90. The van der Waals surface area contributed by atoms with Crippen LogP contribution in [0.15, 0.2) is 0 Å². The highest BCUT2D eigenvalue weighted by Gasteiger charge is 2.34. The van der Waals surface area contributed by atoms with Gasteiger partial charge in [0.1, 0.15) is 11.4 Å². The van der Waals surface area contributed by atoms with Crippen LogP contribution in [-0.4, -0.2) is 29.1 Å². The van der Waals surface area contributed by atoms with E-state index in [4.69, 9.17) is 9.47 Å². The minimum absolute atomic E-state index is 0.0511. The van der Waals surface area contributed by atoms with Crippen molar-refractivity contribution in [2.24, 2.45) is 11.8 Å². The third-order valence-corrected chi connectivity index (χ3v) is 2.88. The van der Waals surface area contributed by atoms with Gasteiger partial charge in [0, 0.05) is 12.3 Å². The van der Waals surface area contributed by atoms with Gasteiger partial charge in [-0.15, -0.1) is 0 Å². The third kappa shape index (κ3) is 8.86. The van der Waals surface area contributed by atoms with Gasteiger partial charge in [0.15, 0.2) is 0 Å².